The number of imidazole rings is 1. The lowest BCUT2D eigenvalue weighted by molar-refractivity contribution is -0.122. The Morgan fingerprint density at radius 1 is 1.04 bits per heavy atom. The highest BCUT2D eigenvalue weighted by atomic mass is 79.9. The highest BCUT2D eigenvalue weighted by Gasteiger charge is 2.41. The molecule has 2 heterocycles. The Kier molecular flexibility index (Phi) is 3.27. The van der Waals surface area contributed by atoms with Crippen LogP contribution >= 0.6 is 15.9 Å². The van der Waals surface area contributed by atoms with E-state index in [1.165, 1.54) is 4.90 Å². The van der Waals surface area contributed by atoms with E-state index in [0.29, 0.717) is 5.69 Å². The van der Waals surface area contributed by atoms with Gasteiger partial charge in [-0.15, -0.1) is 0 Å². The second kappa shape index (κ2) is 5.31. The maximum absolute atomic E-state index is 12.8. The molecule has 0 saturated carbocycles. The first-order chi connectivity index (χ1) is 11.1. The highest BCUT2D eigenvalue weighted by molar-refractivity contribution is 9.10. The Morgan fingerprint density at radius 3 is 2.57 bits per heavy atom. The number of aromatic nitrogens is 2. The zero-order valence-electron chi connectivity index (χ0n) is 12.0. The molecule has 1 aromatic heterocycles. The lowest BCUT2D eigenvalue weighted by Gasteiger charge is -2.16. The molecule has 2 amide bonds. The van der Waals surface area contributed by atoms with Crippen molar-refractivity contribution in [2.75, 3.05) is 4.90 Å². The van der Waals surface area contributed by atoms with E-state index in [1.807, 2.05) is 36.4 Å². The fourth-order valence-corrected chi connectivity index (χ4v) is 3.19. The van der Waals surface area contributed by atoms with Crippen LogP contribution in [0.2, 0.25) is 0 Å². The topological polar surface area (TPSA) is 55.2 Å². The Labute approximate surface area is 140 Å². The summed E-state index contributed by atoms with van der Waals surface area (Å²) in [6.07, 6.45) is 1.78. The van der Waals surface area contributed by atoms with E-state index in [2.05, 4.69) is 20.9 Å². The Balaban J connectivity index is 1.74. The lowest BCUT2D eigenvalue weighted by Crippen LogP contribution is -2.30. The summed E-state index contributed by atoms with van der Waals surface area (Å²) in [7, 11) is 0. The lowest BCUT2D eigenvalue weighted by atomic mass is 10.2. The van der Waals surface area contributed by atoms with E-state index in [4.69, 9.17) is 0 Å². The smallest absolute Gasteiger partial charge is 0.257 e. The van der Waals surface area contributed by atoms with Crippen LogP contribution in [0, 0.1) is 0 Å². The molecule has 1 unspecified atom stereocenters. The molecule has 0 radical (unpaired) electrons. The molecule has 114 valence electrons. The van der Waals surface area contributed by atoms with Crippen molar-refractivity contribution in [3.8, 4) is 0 Å². The first-order valence-corrected chi connectivity index (χ1v) is 7.98. The second-order valence-electron chi connectivity index (χ2n) is 5.40. The zero-order chi connectivity index (χ0) is 16.0. The van der Waals surface area contributed by atoms with E-state index >= 15 is 0 Å². The van der Waals surface area contributed by atoms with Crippen LogP contribution < -0.4 is 4.90 Å². The van der Waals surface area contributed by atoms with Gasteiger partial charge < -0.3 is 4.57 Å². The summed E-state index contributed by atoms with van der Waals surface area (Å²) in [6, 6.07) is 14.2. The van der Waals surface area contributed by atoms with Crippen LogP contribution in [-0.2, 0) is 9.59 Å². The van der Waals surface area contributed by atoms with Crippen molar-refractivity contribution in [3.05, 3.63) is 59.3 Å². The molecule has 0 aliphatic carbocycles. The maximum Gasteiger partial charge on any atom is 0.257 e. The summed E-state index contributed by atoms with van der Waals surface area (Å²) < 4.78 is 2.69. The van der Waals surface area contributed by atoms with Crippen molar-refractivity contribution in [3.63, 3.8) is 0 Å². The summed E-state index contributed by atoms with van der Waals surface area (Å²) in [6.45, 7) is 0. The van der Waals surface area contributed by atoms with Crippen LogP contribution in [0.1, 0.15) is 12.5 Å². The maximum atomic E-state index is 12.8. The van der Waals surface area contributed by atoms with E-state index in [0.717, 1.165) is 15.5 Å². The second-order valence-corrected chi connectivity index (χ2v) is 6.32. The number of anilines is 1. The molecule has 1 aliphatic rings. The minimum atomic E-state index is -0.543. The third-order valence-electron chi connectivity index (χ3n) is 4.02. The Bertz CT molecular complexity index is 917. The number of halogens is 1. The van der Waals surface area contributed by atoms with Crippen LogP contribution in [-0.4, -0.2) is 21.4 Å². The van der Waals surface area contributed by atoms with E-state index in [1.54, 1.807) is 23.0 Å². The third-order valence-corrected chi connectivity index (χ3v) is 4.55. The summed E-state index contributed by atoms with van der Waals surface area (Å²) >= 11 is 3.35. The van der Waals surface area contributed by atoms with Gasteiger partial charge in [0.25, 0.3) is 5.91 Å². The number of imide groups is 1. The van der Waals surface area contributed by atoms with Crippen LogP contribution in [0.3, 0.4) is 0 Å². The SMILES string of the molecule is O=C1CC(n2cnc3ccccc32)C(=O)N1c1ccc(Br)cc1. The minimum absolute atomic E-state index is 0.148. The standard InChI is InChI=1S/C17H12BrN3O2/c18-11-5-7-12(8-6-11)21-16(22)9-15(17(21)23)20-10-19-13-3-1-2-4-14(13)20/h1-8,10,15H,9H2. The van der Waals surface area contributed by atoms with Gasteiger partial charge in [-0.25, -0.2) is 9.88 Å². The number of benzene rings is 2. The van der Waals surface area contributed by atoms with Gasteiger partial charge >= 0.3 is 0 Å². The van der Waals surface area contributed by atoms with Crippen molar-refractivity contribution < 1.29 is 9.59 Å². The molecule has 3 aromatic rings. The number of carbonyl (C=O) groups excluding carboxylic acids is 2. The van der Waals surface area contributed by atoms with Crippen LogP contribution in [0.4, 0.5) is 5.69 Å². The van der Waals surface area contributed by atoms with Gasteiger partial charge in [0.05, 0.1) is 29.5 Å². The molecule has 1 fully saturated rings. The average Bonchev–Trinajstić information content (AvgIpc) is 3.10. The van der Waals surface area contributed by atoms with E-state index in [-0.39, 0.29) is 18.2 Å². The minimum Gasteiger partial charge on any atom is -0.317 e. The molecule has 0 N–H and O–H groups in total. The van der Waals surface area contributed by atoms with Crippen LogP contribution in [0.15, 0.2) is 59.3 Å². The van der Waals surface area contributed by atoms with E-state index in [9.17, 15) is 9.59 Å². The van der Waals surface area contributed by atoms with Gasteiger partial charge in [-0.05, 0) is 36.4 Å². The third kappa shape index (κ3) is 2.26. The van der Waals surface area contributed by atoms with Crippen molar-refractivity contribution in [2.24, 2.45) is 0 Å². The molecule has 2 aromatic carbocycles. The number of hydrogen-bond donors (Lipinski definition) is 0. The number of nitrogens with zero attached hydrogens (tertiary/aromatic N) is 3. The number of amides is 2. The van der Waals surface area contributed by atoms with Crippen LogP contribution in [0.5, 0.6) is 0 Å². The molecule has 6 heteroatoms. The van der Waals surface area contributed by atoms with Gasteiger partial charge in [-0.3, -0.25) is 9.59 Å². The Morgan fingerprint density at radius 2 is 1.78 bits per heavy atom. The number of para-hydroxylation sites is 2. The first kappa shape index (κ1) is 14.1. The molecular weight excluding hydrogens is 358 g/mol. The predicted molar refractivity (Wildman–Crippen MR) is 90.0 cm³/mol. The van der Waals surface area contributed by atoms with Gasteiger partial charge in [-0.2, -0.15) is 0 Å². The number of hydrogen-bond acceptors (Lipinski definition) is 3. The van der Waals surface area contributed by atoms with Crippen molar-refractivity contribution >= 4 is 44.5 Å². The van der Waals surface area contributed by atoms with Gasteiger partial charge in [0.2, 0.25) is 5.91 Å². The molecule has 1 aliphatic heterocycles. The average molecular weight is 370 g/mol. The van der Waals surface area contributed by atoms with Gasteiger partial charge in [0.1, 0.15) is 6.04 Å². The van der Waals surface area contributed by atoms with Gasteiger partial charge in [0, 0.05) is 4.47 Å². The first-order valence-electron chi connectivity index (χ1n) is 7.19. The molecule has 1 atom stereocenters. The molecular formula is C17H12BrN3O2. The Hall–Kier alpha value is -2.47. The van der Waals surface area contributed by atoms with Crippen molar-refractivity contribution in [1.29, 1.82) is 0 Å². The fraction of sp³-hybridized carbons (Fsp3) is 0.118. The molecule has 0 spiro atoms. The molecule has 0 bridgehead atoms. The fourth-order valence-electron chi connectivity index (χ4n) is 2.92. The number of carbonyl (C=O) groups is 2. The number of fused-ring (bicyclic) bond motifs is 1. The summed E-state index contributed by atoms with van der Waals surface area (Å²) in [4.78, 5) is 30.7. The van der Waals surface area contributed by atoms with Gasteiger partial charge in [0.15, 0.2) is 0 Å². The van der Waals surface area contributed by atoms with Crippen LogP contribution in [0.25, 0.3) is 11.0 Å². The highest BCUT2D eigenvalue weighted by Crippen LogP contribution is 2.32. The van der Waals surface area contributed by atoms with Gasteiger partial charge in [-0.1, -0.05) is 28.1 Å². The summed E-state index contributed by atoms with van der Waals surface area (Å²) in [5.74, 6) is -0.416. The van der Waals surface area contributed by atoms with Crippen molar-refractivity contribution in [2.45, 2.75) is 12.5 Å². The quantitative estimate of drug-likeness (QED) is 0.651. The largest absolute Gasteiger partial charge is 0.317 e. The molecule has 1 saturated heterocycles. The predicted octanol–water partition coefficient (Wildman–Crippen LogP) is 3.30. The van der Waals surface area contributed by atoms with E-state index < -0.39 is 6.04 Å². The molecule has 23 heavy (non-hydrogen) atoms. The summed E-state index contributed by atoms with van der Waals surface area (Å²) in [5.41, 5.74) is 2.27. The number of rotatable bonds is 2. The normalized spacial score (nSPS) is 18.1. The van der Waals surface area contributed by atoms with Crippen molar-refractivity contribution in [1.82, 2.24) is 9.55 Å². The monoisotopic (exact) mass is 369 g/mol. The zero-order valence-corrected chi connectivity index (χ0v) is 13.6. The molecule has 4 rings (SSSR count). The summed E-state index contributed by atoms with van der Waals surface area (Å²) in [5, 5.41) is 0. The molecule has 5 nitrogen and oxygen atoms in total.